The van der Waals surface area contributed by atoms with E-state index in [1.54, 1.807) is 36.0 Å². The van der Waals surface area contributed by atoms with Crippen LogP contribution in [0.25, 0.3) is 0 Å². The van der Waals surface area contributed by atoms with Crippen molar-refractivity contribution in [1.82, 2.24) is 14.5 Å². The Balaban J connectivity index is 2.06. The molecule has 0 atom stereocenters. The summed E-state index contributed by atoms with van der Waals surface area (Å²) in [6.07, 6.45) is 4.18. The highest BCUT2D eigenvalue weighted by Gasteiger charge is 2.17. The zero-order valence-electron chi connectivity index (χ0n) is 11.5. The first kappa shape index (κ1) is 14.5. The molecule has 3 N–H and O–H groups in total. The Morgan fingerprint density at radius 1 is 1.40 bits per heavy atom. The Kier molecular flexibility index (Phi) is 4.10. The van der Waals surface area contributed by atoms with Gasteiger partial charge in [0.2, 0.25) is 10.0 Å². The highest BCUT2D eigenvalue weighted by atomic mass is 32.2. The topological polar surface area (TPSA) is 90.0 Å². The van der Waals surface area contributed by atoms with E-state index in [0.717, 1.165) is 5.56 Å². The molecule has 0 unspecified atom stereocenters. The van der Waals surface area contributed by atoms with Gasteiger partial charge in [-0.05, 0) is 36.6 Å². The molecule has 7 heteroatoms. The molecule has 1 heterocycles. The Labute approximate surface area is 118 Å². The minimum absolute atomic E-state index is 0.226. The van der Waals surface area contributed by atoms with E-state index in [1.807, 2.05) is 13.2 Å². The van der Waals surface area contributed by atoms with Crippen LogP contribution in [0.15, 0.2) is 35.5 Å². The summed E-state index contributed by atoms with van der Waals surface area (Å²) in [5, 5.41) is 4.04. The highest BCUT2D eigenvalue weighted by molar-refractivity contribution is 7.89. The van der Waals surface area contributed by atoms with Crippen molar-refractivity contribution >= 4 is 15.7 Å². The van der Waals surface area contributed by atoms with Crippen molar-refractivity contribution < 1.29 is 8.42 Å². The molecule has 1 aromatic carbocycles. The molecular formula is C13H18N4O2S. The molecule has 0 saturated heterocycles. The van der Waals surface area contributed by atoms with Crippen LogP contribution in [0.5, 0.6) is 0 Å². The lowest BCUT2D eigenvalue weighted by Gasteiger charge is -2.10. The lowest BCUT2D eigenvalue weighted by molar-refractivity contribution is 0.581. The molecule has 2 rings (SSSR count). The van der Waals surface area contributed by atoms with Gasteiger partial charge < -0.3 is 5.73 Å². The van der Waals surface area contributed by atoms with Crippen molar-refractivity contribution in [3.8, 4) is 0 Å². The fourth-order valence-electron chi connectivity index (χ4n) is 1.93. The average molecular weight is 294 g/mol. The van der Waals surface area contributed by atoms with Crippen molar-refractivity contribution in [2.24, 2.45) is 7.05 Å². The molecule has 6 nitrogen and oxygen atoms in total. The van der Waals surface area contributed by atoms with E-state index in [4.69, 9.17) is 5.73 Å². The summed E-state index contributed by atoms with van der Waals surface area (Å²) in [4.78, 5) is 0.226. The first-order chi connectivity index (χ1) is 9.40. The zero-order chi connectivity index (χ0) is 14.8. The number of hydrogen-bond acceptors (Lipinski definition) is 4. The van der Waals surface area contributed by atoms with Gasteiger partial charge in [0.05, 0.1) is 11.1 Å². The van der Waals surface area contributed by atoms with E-state index in [-0.39, 0.29) is 4.90 Å². The summed E-state index contributed by atoms with van der Waals surface area (Å²) in [6.45, 7) is 2.02. The minimum atomic E-state index is -3.53. The highest BCUT2D eigenvalue weighted by Crippen LogP contribution is 2.20. The number of nitrogens with zero attached hydrogens (tertiary/aromatic N) is 2. The Morgan fingerprint density at radius 3 is 2.80 bits per heavy atom. The van der Waals surface area contributed by atoms with Crippen molar-refractivity contribution in [1.29, 1.82) is 0 Å². The normalized spacial score (nSPS) is 11.7. The third-order valence-electron chi connectivity index (χ3n) is 3.08. The number of aryl methyl sites for hydroxylation is 1. The smallest absolute Gasteiger partial charge is 0.240 e. The molecule has 0 aliphatic rings. The monoisotopic (exact) mass is 294 g/mol. The van der Waals surface area contributed by atoms with Crippen LogP contribution in [0.1, 0.15) is 11.1 Å². The second-order valence-electron chi connectivity index (χ2n) is 4.64. The number of hydrogen-bond donors (Lipinski definition) is 2. The van der Waals surface area contributed by atoms with Gasteiger partial charge in [0, 0.05) is 25.5 Å². The number of benzene rings is 1. The molecule has 2 aromatic rings. The van der Waals surface area contributed by atoms with E-state index >= 15 is 0 Å². The molecule has 0 aliphatic heterocycles. The molecule has 0 bridgehead atoms. The third kappa shape index (κ3) is 3.17. The molecule has 0 spiro atoms. The standard InChI is InChI=1S/C13H18N4O2S/c1-10-12(14)4-3-5-13(10)20(18,19)16-7-6-11-8-15-17(2)9-11/h3-5,8-9,16H,6-7,14H2,1-2H3. The van der Waals surface area contributed by atoms with Gasteiger partial charge in [-0.3, -0.25) is 4.68 Å². The molecule has 0 fully saturated rings. The van der Waals surface area contributed by atoms with Crippen molar-refractivity contribution in [2.45, 2.75) is 18.2 Å². The van der Waals surface area contributed by atoms with Crippen LogP contribution in [-0.4, -0.2) is 24.7 Å². The van der Waals surface area contributed by atoms with Crippen LogP contribution in [0.4, 0.5) is 5.69 Å². The minimum Gasteiger partial charge on any atom is -0.398 e. The van der Waals surface area contributed by atoms with Gasteiger partial charge in [-0.2, -0.15) is 5.10 Å². The maximum absolute atomic E-state index is 12.2. The number of nitrogens with one attached hydrogen (secondary N) is 1. The lowest BCUT2D eigenvalue weighted by atomic mass is 10.2. The fourth-order valence-corrected chi connectivity index (χ4v) is 3.24. The zero-order valence-corrected chi connectivity index (χ0v) is 12.3. The number of sulfonamides is 1. The quantitative estimate of drug-likeness (QED) is 0.799. The van der Waals surface area contributed by atoms with E-state index in [0.29, 0.717) is 24.2 Å². The van der Waals surface area contributed by atoms with Gasteiger partial charge in [-0.15, -0.1) is 0 Å². The van der Waals surface area contributed by atoms with Crippen LogP contribution < -0.4 is 10.5 Å². The van der Waals surface area contributed by atoms with Gasteiger partial charge in [0.1, 0.15) is 0 Å². The maximum atomic E-state index is 12.2. The molecular weight excluding hydrogens is 276 g/mol. The number of aromatic nitrogens is 2. The molecule has 1 aromatic heterocycles. The Morgan fingerprint density at radius 2 is 2.15 bits per heavy atom. The number of anilines is 1. The van der Waals surface area contributed by atoms with Gasteiger partial charge >= 0.3 is 0 Å². The van der Waals surface area contributed by atoms with Crippen molar-refractivity contribution in [2.75, 3.05) is 12.3 Å². The molecule has 0 radical (unpaired) electrons. The first-order valence-electron chi connectivity index (χ1n) is 6.22. The Bertz CT molecular complexity index is 707. The van der Waals surface area contributed by atoms with E-state index in [2.05, 4.69) is 9.82 Å². The largest absolute Gasteiger partial charge is 0.398 e. The summed E-state index contributed by atoms with van der Waals surface area (Å²) in [5.41, 5.74) is 7.77. The predicted octanol–water partition coefficient (Wildman–Crippen LogP) is 0.832. The summed E-state index contributed by atoms with van der Waals surface area (Å²) >= 11 is 0. The van der Waals surface area contributed by atoms with Gasteiger partial charge in [0.25, 0.3) is 0 Å². The summed E-state index contributed by atoms with van der Waals surface area (Å²) < 4.78 is 28.7. The summed E-state index contributed by atoms with van der Waals surface area (Å²) in [5.74, 6) is 0. The molecule has 0 saturated carbocycles. The SMILES string of the molecule is Cc1c(N)cccc1S(=O)(=O)NCCc1cnn(C)c1. The van der Waals surface area contributed by atoms with Crippen LogP contribution in [0.3, 0.4) is 0 Å². The van der Waals surface area contributed by atoms with Crippen LogP contribution in [0.2, 0.25) is 0 Å². The van der Waals surface area contributed by atoms with Gasteiger partial charge in [0.15, 0.2) is 0 Å². The van der Waals surface area contributed by atoms with Gasteiger partial charge in [-0.25, -0.2) is 13.1 Å². The number of nitrogen functional groups attached to an aromatic ring is 1. The molecule has 0 amide bonds. The number of nitrogens with two attached hydrogens (primary N) is 1. The summed E-state index contributed by atoms with van der Waals surface area (Å²) in [6, 6.07) is 4.88. The second-order valence-corrected chi connectivity index (χ2v) is 6.38. The molecule has 0 aliphatic carbocycles. The lowest BCUT2D eigenvalue weighted by Crippen LogP contribution is -2.26. The third-order valence-corrected chi connectivity index (χ3v) is 4.69. The molecule has 20 heavy (non-hydrogen) atoms. The van der Waals surface area contributed by atoms with Crippen molar-refractivity contribution in [3.63, 3.8) is 0 Å². The van der Waals surface area contributed by atoms with Crippen molar-refractivity contribution in [3.05, 3.63) is 41.7 Å². The van der Waals surface area contributed by atoms with Crippen LogP contribution in [0, 0.1) is 6.92 Å². The molecule has 108 valence electrons. The van der Waals surface area contributed by atoms with Crippen LogP contribution >= 0.6 is 0 Å². The van der Waals surface area contributed by atoms with E-state index in [1.165, 1.54) is 0 Å². The van der Waals surface area contributed by atoms with Crippen LogP contribution in [-0.2, 0) is 23.5 Å². The number of rotatable bonds is 5. The summed E-state index contributed by atoms with van der Waals surface area (Å²) in [7, 11) is -1.71. The fraction of sp³-hybridized carbons (Fsp3) is 0.308. The average Bonchev–Trinajstić information content (AvgIpc) is 2.78. The van der Waals surface area contributed by atoms with E-state index < -0.39 is 10.0 Å². The first-order valence-corrected chi connectivity index (χ1v) is 7.71. The maximum Gasteiger partial charge on any atom is 0.240 e. The van der Waals surface area contributed by atoms with Gasteiger partial charge in [-0.1, -0.05) is 6.07 Å². The predicted molar refractivity (Wildman–Crippen MR) is 77.7 cm³/mol. The second kappa shape index (κ2) is 5.64. The van der Waals surface area contributed by atoms with E-state index in [9.17, 15) is 8.42 Å². The Hall–Kier alpha value is -1.86.